The molecule has 0 bridgehead atoms. The molecule has 3 aromatic rings. The van der Waals surface area contributed by atoms with E-state index in [9.17, 15) is 9.90 Å². The second kappa shape index (κ2) is 5.58. The summed E-state index contributed by atoms with van der Waals surface area (Å²) >= 11 is 0. The monoisotopic (exact) mass is 279 g/mol. The number of carbonyl (C=O) groups is 1. The van der Waals surface area contributed by atoms with Crippen LogP contribution in [0.15, 0.2) is 54.7 Å². The van der Waals surface area contributed by atoms with Gasteiger partial charge in [0.25, 0.3) is 0 Å². The van der Waals surface area contributed by atoms with Gasteiger partial charge in [-0.2, -0.15) is 0 Å². The summed E-state index contributed by atoms with van der Waals surface area (Å²) in [6.07, 6.45) is 2.43. The Bertz CT molecular complexity index is 766. The van der Waals surface area contributed by atoms with E-state index in [0.717, 1.165) is 11.1 Å². The number of aromatic nitrogens is 3. The number of aromatic hydroxyl groups is 1. The zero-order valence-electron chi connectivity index (χ0n) is 11.2. The molecule has 1 heterocycles. The molecule has 1 aromatic heterocycles. The van der Waals surface area contributed by atoms with Gasteiger partial charge in [-0.05, 0) is 23.8 Å². The largest absolute Gasteiger partial charge is 0.507 e. The zero-order valence-corrected chi connectivity index (χ0v) is 11.2. The third-order valence-electron chi connectivity index (χ3n) is 3.18. The molecule has 0 atom stereocenters. The minimum Gasteiger partial charge on any atom is -0.507 e. The summed E-state index contributed by atoms with van der Waals surface area (Å²) in [6, 6.07) is 14.7. The van der Waals surface area contributed by atoms with Gasteiger partial charge in [0.05, 0.1) is 18.3 Å². The van der Waals surface area contributed by atoms with Crippen LogP contribution in [-0.4, -0.2) is 26.4 Å². The van der Waals surface area contributed by atoms with Crippen molar-refractivity contribution < 1.29 is 9.90 Å². The number of carbonyl (C=O) groups excluding carboxylic acids is 1. The summed E-state index contributed by atoms with van der Waals surface area (Å²) in [5.74, 6) is -0.0366. The van der Waals surface area contributed by atoms with Gasteiger partial charge in [0.15, 0.2) is 6.29 Å². The first kappa shape index (κ1) is 13.1. The number of aldehydes is 1. The number of rotatable bonds is 4. The molecule has 0 saturated carbocycles. The van der Waals surface area contributed by atoms with Crippen LogP contribution in [-0.2, 0) is 6.54 Å². The van der Waals surface area contributed by atoms with E-state index in [1.165, 1.54) is 6.07 Å². The van der Waals surface area contributed by atoms with E-state index in [2.05, 4.69) is 10.3 Å². The van der Waals surface area contributed by atoms with Gasteiger partial charge in [-0.3, -0.25) is 4.79 Å². The Morgan fingerprint density at radius 1 is 1.14 bits per heavy atom. The van der Waals surface area contributed by atoms with Crippen molar-refractivity contribution in [1.29, 1.82) is 0 Å². The van der Waals surface area contributed by atoms with E-state index < -0.39 is 0 Å². The molecule has 3 rings (SSSR count). The summed E-state index contributed by atoms with van der Waals surface area (Å²) in [5.41, 5.74) is 2.78. The van der Waals surface area contributed by atoms with Gasteiger partial charge >= 0.3 is 0 Å². The molecule has 0 aliphatic carbocycles. The van der Waals surface area contributed by atoms with Crippen LogP contribution in [0.2, 0.25) is 0 Å². The molecule has 21 heavy (non-hydrogen) atoms. The van der Waals surface area contributed by atoms with Crippen molar-refractivity contribution in [1.82, 2.24) is 15.0 Å². The van der Waals surface area contributed by atoms with Gasteiger partial charge in [-0.25, -0.2) is 4.68 Å². The van der Waals surface area contributed by atoms with Crippen LogP contribution in [0.3, 0.4) is 0 Å². The smallest absolute Gasteiger partial charge is 0.153 e. The van der Waals surface area contributed by atoms with Crippen LogP contribution in [0.1, 0.15) is 15.9 Å². The quantitative estimate of drug-likeness (QED) is 0.745. The first-order chi connectivity index (χ1) is 10.3. The van der Waals surface area contributed by atoms with Crippen LogP contribution in [0.5, 0.6) is 5.75 Å². The van der Waals surface area contributed by atoms with E-state index in [1.54, 1.807) is 16.8 Å². The Morgan fingerprint density at radius 2 is 1.95 bits per heavy atom. The molecule has 5 heteroatoms. The number of nitrogens with zero attached hydrogens (tertiary/aromatic N) is 3. The van der Waals surface area contributed by atoms with Crippen LogP contribution >= 0.6 is 0 Å². The Morgan fingerprint density at radius 3 is 2.71 bits per heavy atom. The molecular weight excluding hydrogens is 266 g/mol. The average Bonchev–Trinajstić information content (AvgIpc) is 2.97. The van der Waals surface area contributed by atoms with E-state index in [4.69, 9.17) is 0 Å². The zero-order chi connectivity index (χ0) is 14.7. The topological polar surface area (TPSA) is 68.0 Å². The van der Waals surface area contributed by atoms with Crippen molar-refractivity contribution >= 4 is 6.29 Å². The van der Waals surface area contributed by atoms with Gasteiger partial charge in [0.1, 0.15) is 11.4 Å². The van der Waals surface area contributed by atoms with E-state index in [0.29, 0.717) is 18.5 Å². The molecule has 5 nitrogen and oxygen atoms in total. The lowest BCUT2D eigenvalue weighted by Crippen LogP contribution is -1.99. The SMILES string of the molecule is O=Cc1cc(-c2cn(Cc3ccccc3)nn2)ccc1O. The molecule has 0 spiro atoms. The standard InChI is InChI=1S/C16H13N3O2/c20-11-14-8-13(6-7-16(14)21)15-10-19(18-17-15)9-12-4-2-1-3-5-12/h1-8,10-11,21H,9H2. The Hall–Kier alpha value is -2.95. The summed E-state index contributed by atoms with van der Waals surface area (Å²) in [6.45, 7) is 0.631. The molecule has 2 aromatic carbocycles. The highest BCUT2D eigenvalue weighted by atomic mass is 16.3. The summed E-state index contributed by atoms with van der Waals surface area (Å²) < 4.78 is 1.73. The Labute approximate surface area is 121 Å². The third-order valence-corrected chi connectivity index (χ3v) is 3.18. The normalized spacial score (nSPS) is 10.5. The lowest BCUT2D eigenvalue weighted by molar-refractivity contribution is 0.112. The first-order valence-corrected chi connectivity index (χ1v) is 6.49. The van der Waals surface area contributed by atoms with Crippen LogP contribution < -0.4 is 0 Å². The Kier molecular flexibility index (Phi) is 3.47. The van der Waals surface area contributed by atoms with E-state index in [1.807, 2.05) is 36.5 Å². The van der Waals surface area contributed by atoms with Gasteiger partial charge < -0.3 is 5.11 Å². The highest BCUT2D eigenvalue weighted by molar-refractivity contribution is 5.82. The number of benzene rings is 2. The van der Waals surface area contributed by atoms with Crippen LogP contribution in [0.25, 0.3) is 11.3 Å². The lowest BCUT2D eigenvalue weighted by atomic mass is 10.1. The minimum absolute atomic E-state index is 0.0366. The third kappa shape index (κ3) is 2.81. The maximum absolute atomic E-state index is 10.9. The fraction of sp³-hybridized carbons (Fsp3) is 0.0625. The maximum atomic E-state index is 10.9. The fourth-order valence-corrected chi connectivity index (χ4v) is 2.09. The van der Waals surface area contributed by atoms with Crippen molar-refractivity contribution in [2.75, 3.05) is 0 Å². The highest BCUT2D eigenvalue weighted by Gasteiger charge is 2.07. The second-order valence-electron chi connectivity index (χ2n) is 4.68. The molecule has 0 amide bonds. The lowest BCUT2D eigenvalue weighted by Gasteiger charge is -2.00. The maximum Gasteiger partial charge on any atom is 0.153 e. The van der Waals surface area contributed by atoms with Crippen molar-refractivity contribution in [2.45, 2.75) is 6.54 Å². The molecule has 0 unspecified atom stereocenters. The molecule has 0 aliphatic heterocycles. The van der Waals surface area contributed by atoms with Gasteiger partial charge in [-0.15, -0.1) is 5.10 Å². The molecule has 1 N–H and O–H groups in total. The second-order valence-corrected chi connectivity index (χ2v) is 4.68. The van der Waals surface area contributed by atoms with Crippen molar-refractivity contribution in [2.24, 2.45) is 0 Å². The van der Waals surface area contributed by atoms with Crippen molar-refractivity contribution in [3.05, 3.63) is 65.9 Å². The van der Waals surface area contributed by atoms with Gasteiger partial charge in [-0.1, -0.05) is 35.5 Å². The van der Waals surface area contributed by atoms with Gasteiger partial charge in [0, 0.05) is 5.56 Å². The van der Waals surface area contributed by atoms with Gasteiger partial charge in [0.2, 0.25) is 0 Å². The summed E-state index contributed by atoms with van der Waals surface area (Å²) in [5, 5.41) is 17.7. The molecule has 0 fully saturated rings. The highest BCUT2D eigenvalue weighted by Crippen LogP contribution is 2.23. The van der Waals surface area contributed by atoms with E-state index >= 15 is 0 Å². The average molecular weight is 279 g/mol. The van der Waals surface area contributed by atoms with Crippen molar-refractivity contribution in [3.8, 4) is 17.0 Å². The predicted octanol–water partition coefficient (Wildman–Crippen LogP) is 2.51. The minimum atomic E-state index is -0.0366. The number of phenols is 1. The number of hydrogen-bond donors (Lipinski definition) is 1. The summed E-state index contributed by atoms with van der Waals surface area (Å²) in [4.78, 5) is 10.9. The number of hydrogen-bond acceptors (Lipinski definition) is 4. The number of phenolic OH excluding ortho intramolecular Hbond substituents is 1. The van der Waals surface area contributed by atoms with E-state index in [-0.39, 0.29) is 11.3 Å². The summed E-state index contributed by atoms with van der Waals surface area (Å²) in [7, 11) is 0. The Balaban J connectivity index is 1.86. The van der Waals surface area contributed by atoms with Crippen LogP contribution in [0, 0.1) is 0 Å². The van der Waals surface area contributed by atoms with Crippen LogP contribution in [0.4, 0.5) is 0 Å². The predicted molar refractivity (Wildman–Crippen MR) is 78.1 cm³/mol. The molecular formula is C16H13N3O2. The first-order valence-electron chi connectivity index (χ1n) is 6.49. The molecule has 0 aliphatic rings. The fourth-order valence-electron chi connectivity index (χ4n) is 2.09. The molecule has 0 radical (unpaired) electrons. The van der Waals surface area contributed by atoms with Crippen molar-refractivity contribution in [3.63, 3.8) is 0 Å². The molecule has 104 valence electrons. The molecule has 0 saturated heterocycles.